The normalized spacial score (nSPS) is 15.1. The fourth-order valence-electron chi connectivity index (χ4n) is 3.26. The third-order valence-corrected chi connectivity index (χ3v) is 5.56. The van der Waals surface area contributed by atoms with Crippen LogP contribution < -0.4 is 15.8 Å². The first-order valence-corrected chi connectivity index (χ1v) is 9.42. The number of aromatic nitrogens is 5. The molecule has 0 saturated carbocycles. The molecule has 5 rings (SSSR count). The highest BCUT2D eigenvalue weighted by atomic mass is 32.1. The van der Waals surface area contributed by atoms with Crippen LogP contribution in [0, 0.1) is 12.7 Å². The van der Waals surface area contributed by atoms with Crippen molar-refractivity contribution in [3.8, 4) is 11.4 Å². The molecule has 8 nitrogen and oxygen atoms in total. The lowest BCUT2D eigenvalue weighted by molar-refractivity contribution is 0.588. The summed E-state index contributed by atoms with van der Waals surface area (Å²) in [6.45, 7) is 5.25. The van der Waals surface area contributed by atoms with E-state index in [1.165, 1.54) is 17.4 Å². The Balaban J connectivity index is 1.62. The van der Waals surface area contributed by atoms with Gasteiger partial charge in [0.25, 0.3) is 5.56 Å². The molecule has 1 saturated heterocycles. The maximum absolute atomic E-state index is 14.4. The van der Waals surface area contributed by atoms with Crippen molar-refractivity contribution in [2.45, 2.75) is 6.92 Å². The highest BCUT2D eigenvalue weighted by Crippen LogP contribution is 2.27. The number of thiazole rings is 1. The number of hydrogen-bond donors (Lipinski definition) is 2. The van der Waals surface area contributed by atoms with Gasteiger partial charge in [-0.3, -0.25) is 4.79 Å². The molecule has 0 aliphatic carbocycles. The van der Waals surface area contributed by atoms with Crippen molar-refractivity contribution in [1.29, 1.82) is 0 Å². The lowest BCUT2D eigenvalue weighted by Crippen LogP contribution is -2.43. The van der Waals surface area contributed by atoms with E-state index in [1.807, 2.05) is 0 Å². The van der Waals surface area contributed by atoms with Gasteiger partial charge in [-0.15, -0.1) is 0 Å². The van der Waals surface area contributed by atoms with Crippen LogP contribution in [0.3, 0.4) is 0 Å². The SMILES string of the molecule is Cc1cn2cc(-c3nc4sc(N5CCNCC5)nc4c(=O)[nH]3)cc(F)c2n1. The van der Waals surface area contributed by atoms with Crippen LogP contribution in [0.15, 0.2) is 23.3 Å². The lowest BCUT2D eigenvalue weighted by atomic mass is 10.2. The molecule has 138 valence electrons. The van der Waals surface area contributed by atoms with Gasteiger partial charge in [0.1, 0.15) is 5.82 Å². The molecule has 0 bridgehead atoms. The molecule has 5 heterocycles. The molecule has 27 heavy (non-hydrogen) atoms. The second-order valence-corrected chi connectivity index (χ2v) is 7.45. The summed E-state index contributed by atoms with van der Waals surface area (Å²) in [5, 5.41) is 4.08. The Morgan fingerprint density at radius 2 is 2.00 bits per heavy atom. The highest BCUT2D eigenvalue weighted by Gasteiger charge is 2.18. The quantitative estimate of drug-likeness (QED) is 0.544. The number of rotatable bonds is 2. The third kappa shape index (κ3) is 2.77. The van der Waals surface area contributed by atoms with Crippen molar-refractivity contribution in [3.63, 3.8) is 0 Å². The molecule has 0 amide bonds. The molecule has 0 unspecified atom stereocenters. The number of anilines is 1. The molecule has 1 aliphatic rings. The van der Waals surface area contributed by atoms with Gasteiger partial charge in [-0.1, -0.05) is 11.3 Å². The number of nitrogens with zero attached hydrogens (tertiary/aromatic N) is 5. The Labute approximate surface area is 156 Å². The van der Waals surface area contributed by atoms with Crippen LogP contribution in [0.1, 0.15) is 5.69 Å². The van der Waals surface area contributed by atoms with E-state index in [4.69, 9.17) is 0 Å². The molecular weight excluding hydrogens is 369 g/mol. The number of pyridine rings is 1. The molecule has 2 N–H and O–H groups in total. The highest BCUT2D eigenvalue weighted by molar-refractivity contribution is 7.21. The van der Waals surface area contributed by atoms with Crippen molar-refractivity contribution in [2.75, 3.05) is 31.1 Å². The Hall–Kier alpha value is -2.85. The lowest BCUT2D eigenvalue weighted by Gasteiger charge is -2.26. The van der Waals surface area contributed by atoms with Crippen molar-refractivity contribution < 1.29 is 4.39 Å². The first-order chi connectivity index (χ1) is 13.1. The standard InChI is InChI=1S/C17H16FN7OS/c1-9-7-25-8-10(6-11(18)14(25)20-9)13-22-15(26)12-16(23-13)27-17(21-12)24-4-2-19-3-5-24/h6-8,19H,2-5H2,1H3,(H,22,23,26). The van der Waals surface area contributed by atoms with Gasteiger partial charge >= 0.3 is 0 Å². The van der Waals surface area contributed by atoms with Gasteiger partial charge in [-0.25, -0.2) is 19.3 Å². The molecule has 0 radical (unpaired) electrons. The fourth-order valence-corrected chi connectivity index (χ4v) is 4.25. The zero-order valence-electron chi connectivity index (χ0n) is 14.5. The van der Waals surface area contributed by atoms with Crippen LogP contribution >= 0.6 is 11.3 Å². The number of nitrogens with one attached hydrogen (secondary N) is 2. The van der Waals surface area contributed by atoms with Crippen molar-refractivity contribution in [1.82, 2.24) is 29.7 Å². The number of imidazole rings is 1. The van der Waals surface area contributed by atoms with Crippen LogP contribution in [0.2, 0.25) is 0 Å². The minimum Gasteiger partial charge on any atom is -0.345 e. The van der Waals surface area contributed by atoms with E-state index in [1.54, 1.807) is 23.7 Å². The Kier molecular flexibility index (Phi) is 3.69. The maximum atomic E-state index is 14.4. The first-order valence-electron chi connectivity index (χ1n) is 8.60. The minimum absolute atomic E-state index is 0.249. The van der Waals surface area contributed by atoms with E-state index in [2.05, 4.69) is 30.2 Å². The predicted molar refractivity (Wildman–Crippen MR) is 102 cm³/mol. The Bertz CT molecular complexity index is 1220. The molecule has 0 aromatic carbocycles. The average molecular weight is 385 g/mol. The molecule has 1 aliphatic heterocycles. The summed E-state index contributed by atoms with van der Waals surface area (Å²) in [6.07, 6.45) is 3.44. The monoisotopic (exact) mass is 385 g/mol. The van der Waals surface area contributed by atoms with Crippen LogP contribution in [0.25, 0.3) is 27.4 Å². The van der Waals surface area contributed by atoms with E-state index in [0.717, 1.165) is 31.3 Å². The average Bonchev–Trinajstić information content (AvgIpc) is 3.26. The molecule has 1 fully saturated rings. The number of halogens is 1. The fraction of sp³-hybridized carbons (Fsp3) is 0.294. The molecular formula is C17H16FN7OS. The van der Waals surface area contributed by atoms with Crippen molar-refractivity contribution in [2.24, 2.45) is 0 Å². The predicted octanol–water partition coefficient (Wildman–Crippen LogP) is 1.55. The number of fused-ring (bicyclic) bond motifs is 2. The van der Waals surface area contributed by atoms with Gasteiger partial charge in [0, 0.05) is 44.1 Å². The van der Waals surface area contributed by atoms with Gasteiger partial charge in [-0.2, -0.15) is 0 Å². The van der Waals surface area contributed by atoms with Gasteiger partial charge in [0.2, 0.25) is 0 Å². The maximum Gasteiger partial charge on any atom is 0.278 e. The summed E-state index contributed by atoms with van der Waals surface area (Å²) >= 11 is 1.38. The zero-order valence-corrected chi connectivity index (χ0v) is 15.3. The first kappa shape index (κ1) is 16.3. The number of aryl methyl sites for hydroxylation is 1. The number of H-pyrrole nitrogens is 1. The van der Waals surface area contributed by atoms with Crippen molar-refractivity contribution in [3.05, 3.63) is 40.3 Å². The van der Waals surface area contributed by atoms with Gasteiger partial charge in [0.05, 0.1) is 5.69 Å². The summed E-state index contributed by atoms with van der Waals surface area (Å²) in [5.41, 5.74) is 1.44. The summed E-state index contributed by atoms with van der Waals surface area (Å²) in [7, 11) is 0. The molecule has 4 aromatic heterocycles. The molecule has 0 spiro atoms. The number of hydrogen-bond acceptors (Lipinski definition) is 7. The Morgan fingerprint density at radius 1 is 1.19 bits per heavy atom. The summed E-state index contributed by atoms with van der Waals surface area (Å²) in [4.78, 5) is 31.1. The Morgan fingerprint density at radius 3 is 2.81 bits per heavy atom. The van der Waals surface area contributed by atoms with Crippen LogP contribution in [-0.2, 0) is 0 Å². The number of aromatic amines is 1. The van der Waals surface area contributed by atoms with E-state index < -0.39 is 5.82 Å². The van der Waals surface area contributed by atoms with E-state index in [0.29, 0.717) is 27.4 Å². The van der Waals surface area contributed by atoms with E-state index >= 15 is 0 Å². The van der Waals surface area contributed by atoms with Gasteiger partial charge < -0.3 is 19.6 Å². The van der Waals surface area contributed by atoms with Crippen LogP contribution in [0.5, 0.6) is 0 Å². The van der Waals surface area contributed by atoms with Crippen molar-refractivity contribution >= 4 is 32.5 Å². The molecule has 4 aromatic rings. The summed E-state index contributed by atoms with van der Waals surface area (Å²) in [6, 6.07) is 1.34. The van der Waals surface area contributed by atoms with Crippen LogP contribution in [-0.4, -0.2) is 50.5 Å². The second-order valence-electron chi connectivity index (χ2n) is 6.49. The summed E-state index contributed by atoms with van der Waals surface area (Å²) < 4.78 is 16.0. The number of piperazine rings is 1. The van der Waals surface area contributed by atoms with Crippen LogP contribution in [0.4, 0.5) is 9.52 Å². The van der Waals surface area contributed by atoms with E-state index in [-0.39, 0.29) is 11.2 Å². The minimum atomic E-state index is -0.464. The largest absolute Gasteiger partial charge is 0.345 e. The smallest absolute Gasteiger partial charge is 0.278 e. The molecule has 0 atom stereocenters. The third-order valence-electron chi connectivity index (χ3n) is 4.55. The van der Waals surface area contributed by atoms with Gasteiger partial charge in [-0.05, 0) is 13.0 Å². The topological polar surface area (TPSA) is 91.2 Å². The van der Waals surface area contributed by atoms with E-state index in [9.17, 15) is 9.18 Å². The zero-order chi connectivity index (χ0) is 18.5. The second kappa shape index (κ2) is 6.10. The van der Waals surface area contributed by atoms with Gasteiger partial charge in [0.15, 0.2) is 26.9 Å². The molecule has 10 heteroatoms. The summed E-state index contributed by atoms with van der Waals surface area (Å²) in [5.74, 6) is -0.149.